The van der Waals surface area contributed by atoms with Gasteiger partial charge in [-0.2, -0.15) is 14.1 Å². The summed E-state index contributed by atoms with van der Waals surface area (Å²) >= 11 is 0. The monoisotopic (exact) mass is 359 g/mol. The van der Waals surface area contributed by atoms with Crippen LogP contribution in [0.4, 0.5) is 0 Å². The first-order valence-electron chi connectivity index (χ1n) is 2.56. The number of carboxylic acid groups (broad SMARTS) is 2. The topological polar surface area (TPSA) is 122 Å². The minimum atomic E-state index is -1.31. The predicted octanol–water partition coefficient (Wildman–Crippen LogP) is 0.880. The molecule has 0 aromatic rings. The molecule has 0 atom stereocenters. The second kappa shape index (κ2) is 22.4. The molecule has 0 aliphatic rings. The largest absolute Gasteiger partial charge is 2.00 e. The van der Waals surface area contributed by atoms with Crippen molar-refractivity contribution in [3.8, 4) is 0 Å². The van der Waals surface area contributed by atoms with Crippen LogP contribution in [-0.4, -0.2) is 36.2 Å². The molecule has 7 heteroatoms. The molecule has 0 unspecified atom stereocenters. The van der Waals surface area contributed by atoms with Gasteiger partial charge in [0.15, 0.2) is 0 Å². The third-order valence-corrected chi connectivity index (χ3v) is 0.302. The van der Waals surface area contributed by atoms with E-state index in [0.29, 0.717) is 0 Å². The molecule has 12 heavy (non-hydrogen) atoms. The van der Waals surface area contributed by atoms with Crippen molar-refractivity contribution in [2.24, 2.45) is 0 Å². The summed E-state index contributed by atoms with van der Waals surface area (Å²) in [6.45, 7) is 0. The van der Waals surface area contributed by atoms with Gasteiger partial charge in [0.1, 0.15) is 6.42 Å². The summed E-state index contributed by atoms with van der Waals surface area (Å²) in [7, 11) is 2.50. The van der Waals surface area contributed by atoms with Crippen LogP contribution in [-0.2, 0) is 30.7 Å². The van der Waals surface area contributed by atoms with Gasteiger partial charge in [-0.25, -0.2) is 0 Å². The zero-order valence-electron chi connectivity index (χ0n) is 6.73. The van der Waals surface area contributed by atoms with Crippen LogP contribution in [0.5, 0.6) is 0 Å². The molecule has 0 radical (unpaired) electrons. The molecule has 0 spiro atoms. The van der Waals surface area contributed by atoms with Crippen LogP contribution in [0.15, 0.2) is 0 Å². The maximum Gasteiger partial charge on any atom is 2.00 e. The predicted molar refractivity (Wildman–Crippen MR) is 40.4 cm³/mol. The Kier molecular flexibility index (Phi) is 42.1. The van der Waals surface area contributed by atoms with Gasteiger partial charge in [-0.05, 0) is 0 Å². The van der Waals surface area contributed by atoms with Gasteiger partial charge in [0.2, 0.25) is 0 Å². The number of hydrogen-bond acceptors (Lipinski definition) is 2. The van der Waals surface area contributed by atoms with E-state index in [4.69, 9.17) is 21.7 Å². The fraction of sp³-hybridized carbons (Fsp3) is 0.600. The van der Waals surface area contributed by atoms with Crippen molar-refractivity contribution in [2.45, 2.75) is 6.42 Å². The van der Waals surface area contributed by atoms with Crippen molar-refractivity contribution >= 4 is 11.9 Å². The van der Waals surface area contributed by atoms with Gasteiger partial charge in [-0.1, -0.05) is 0 Å². The minimum absolute atomic E-state index is 0. The molecule has 0 heterocycles. The Labute approximate surface area is 85.2 Å². The molecule has 6 nitrogen and oxygen atoms in total. The van der Waals surface area contributed by atoms with Crippen LogP contribution in [0.3, 0.4) is 0 Å². The zero-order valence-corrected chi connectivity index (χ0v) is 9.01. The van der Waals surface area contributed by atoms with E-state index in [0.717, 1.165) is 0 Å². The second-order valence-electron chi connectivity index (χ2n) is 0.964. The third kappa shape index (κ3) is 55.4. The van der Waals surface area contributed by atoms with Crippen LogP contribution in [0.25, 0.3) is 11.5 Å². The first-order valence-corrected chi connectivity index (χ1v) is 2.56. The standard InChI is InChI=1S/C3H4O4.2CH4N.Pt/c4-2(5)1-3(6)7;2*1-2;/h1H2,(H,4,5)(H,6,7);2*2H,1H3;/q;2*-1;+2. The van der Waals surface area contributed by atoms with E-state index < -0.39 is 18.4 Å². The second-order valence-corrected chi connectivity index (χ2v) is 0.964. The van der Waals surface area contributed by atoms with Gasteiger partial charge in [-0.15, -0.1) is 0 Å². The number of aliphatic carboxylic acids is 2. The maximum atomic E-state index is 9.43. The van der Waals surface area contributed by atoms with Gasteiger partial charge in [0.25, 0.3) is 0 Å². The first kappa shape index (κ1) is 22.6. The van der Waals surface area contributed by atoms with Crippen LogP contribution in [0, 0.1) is 0 Å². The Hall–Kier alpha value is -0.452. The molecule has 0 rings (SSSR count). The van der Waals surface area contributed by atoms with E-state index in [9.17, 15) is 9.59 Å². The Morgan fingerprint density at radius 3 is 1.17 bits per heavy atom. The van der Waals surface area contributed by atoms with Crippen molar-refractivity contribution in [1.82, 2.24) is 0 Å². The van der Waals surface area contributed by atoms with Gasteiger partial charge in [-0.3, -0.25) is 9.59 Å². The minimum Gasteiger partial charge on any atom is -0.680 e. The van der Waals surface area contributed by atoms with E-state index >= 15 is 0 Å². The summed E-state index contributed by atoms with van der Waals surface area (Å²) < 4.78 is 0. The molecule has 4 N–H and O–H groups in total. The number of hydrogen-bond donors (Lipinski definition) is 2. The molecule has 0 saturated heterocycles. The average molecular weight is 359 g/mol. The Morgan fingerprint density at radius 1 is 1.00 bits per heavy atom. The fourth-order valence-electron chi connectivity index (χ4n) is 0.129. The van der Waals surface area contributed by atoms with E-state index in [1.54, 1.807) is 0 Å². The number of carbonyl (C=O) groups is 2. The van der Waals surface area contributed by atoms with Crippen molar-refractivity contribution in [3.05, 3.63) is 11.5 Å². The molecule has 0 saturated carbocycles. The molecule has 76 valence electrons. The zero-order chi connectivity index (χ0) is 9.86. The van der Waals surface area contributed by atoms with Crippen LogP contribution in [0.1, 0.15) is 6.42 Å². The van der Waals surface area contributed by atoms with Crippen molar-refractivity contribution in [3.63, 3.8) is 0 Å². The average Bonchev–Trinajstić information content (AvgIpc) is 1.93. The molecule has 0 aromatic carbocycles. The summed E-state index contributed by atoms with van der Waals surface area (Å²) in [4.78, 5) is 18.9. The SMILES string of the molecule is C[NH-].C[NH-].O=C(O)CC(=O)O.[Pt+2]. The molecule has 0 amide bonds. The summed E-state index contributed by atoms with van der Waals surface area (Å²) in [6, 6.07) is 0. The molecule has 0 bridgehead atoms. The van der Waals surface area contributed by atoms with E-state index in [2.05, 4.69) is 0 Å². The quantitative estimate of drug-likeness (QED) is 0.711. The van der Waals surface area contributed by atoms with Crippen molar-refractivity contribution < 1.29 is 40.9 Å². The van der Waals surface area contributed by atoms with E-state index in [1.165, 1.54) is 14.1 Å². The molecule has 0 aliphatic carbocycles. The van der Waals surface area contributed by atoms with Crippen molar-refractivity contribution in [2.75, 3.05) is 14.1 Å². The smallest absolute Gasteiger partial charge is 0.680 e. The Morgan fingerprint density at radius 2 is 1.17 bits per heavy atom. The van der Waals surface area contributed by atoms with Crippen LogP contribution >= 0.6 is 0 Å². The summed E-state index contributed by atoms with van der Waals surface area (Å²) in [5.74, 6) is -2.62. The maximum absolute atomic E-state index is 9.43. The Balaban J connectivity index is -0.0000000560. The van der Waals surface area contributed by atoms with E-state index in [-0.39, 0.29) is 21.1 Å². The van der Waals surface area contributed by atoms with Crippen molar-refractivity contribution in [1.29, 1.82) is 0 Å². The first-order chi connectivity index (χ1) is 5.13. The van der Waals surface area contributed by atoms with Gasteiger partial charge in [0.05, 0.1) is 0 Å². The summed E-state index contributed by atoms with van der Waals surface area (Å²) in [5, 5.41) is 15.4. The number of carboxylic acids is 2. The van der Waals surface area contributed by atoms with Gasteiger partial charge < -0.3 is 21.7 Å². The van der Waals surface area contributed by atoms with Gasteiger partial charge >= 0.3 is 33.0 Å². The molecule has 0 fully saturated rings. The fourth-order valence-corrected chi connectivity index (χ4v) is 0.129. The van der Waals surface area contributed by atoms with Crippen LogP contribution < -0.4 is 0 Å². The van der Waals surface area contributed by atoms with Gasteiger partial charge in [0, 0.05) is 0 Å². The third-order valence-electron chi connectivity index (χ3n) is 0.302. The number of rotatable bonds is 2. The number of nitrogens with one attached hydrogen (secondary N) is 2. The molecule has 0 aliphatic heterocycles. The summed E-state index contributed by atoms with van der Waals surface area (Å²) in [5.41, 5.74) is 11.5. The summed E-state index contributed by atoms with van der Waals surface area (Å²) in [6.07, 6.45) is -0.806. The Bertz CT molecular complexity index is 97.6. The molecule has 0 aromatic heterocycles. The van der Waals surface area contributed by atoms with E-state index in [1.807, 2.05) is 0 Å². The normalized spacial score (nSPS) is 5.67. The molecular formula is C5H12N2O4Pt. The van der Waals surface area contributed by atoms with Crippen LogP contribution in [0.2, 0.25) is 0 Å². The molecular weight excluding hydrogens is 347 g/mol.